The molecule has 30 heavy (non-hydrogen) atoms. The Kier molecular flexibility index (Phi) is 7.86. The smallest absolute Gasteiger partial charge is 0.00297 e. The number of terminal acetylenes is 1. The number of unbranched alkanes of at least 4 members (excludes halogenated alkanes) is 1. The van der Waals surface area contributed by atoms with Gasteiger partial charge in [0.2, 0.25) is 0 Å². The minimum atomic E-state index is 0.562. The Morgan fingerprint density at radius 3 is 2.50 bits per heavy atom. The van der Waals surface area contributed by atoms with Crippen LogP contribution in [0.25, 0.3) is 0 Å². The minimum Gasteiger partial charge on any atom is -0.120 e. The molecule has 3 fully saturated rings. The van der Waals surface area contributed by atoms with Crippen molar-refractivity contribution in [3.8, 4) is 12.3 Å². The van der Waals surface area contributed by atoms with Crippen molar-refractivity contribution in [2.24, 2.45) is 46.3 Å². The molecule has 0 heterocycles. The highest BCUT2D eigenvalue weighted by molar-refractivity contribution is 5.24. The number of fused-ring (bicyclic) bond motifs is 5. The summed E-state index contributed by atoms with van der Waals surface area (Å²) < 4.78 is 0. The SMILES string of the molecule is C#CC.CC(C)CCCCC1CCC2C3CC=C4CC(C)CCC4(C)C3CCC12C. The summed E-state index contributed by atoms with van der Waals surface area (Å²) in [5.41, 5.74) is 3.10. The number of hydrogen-bond donors (Lipinski definition) is 0. The van der Waals surface area contributed by atoms with Gasteiger partial charge in [0, 0.05) is 0 Å². The molecule has 3 saturated carbocycles. The fourth-order valence-corrected chi connectivity index (χ4v) is 8.37. The molecule has 7 unspecified atom stereocenters. The maximum atomic E-state index is 4.60. The third-order valence-electron chi connectivity index (χ3n) is 10.1. The van der Waals surface area contributed by atoms with E-state index in [0.717, 1.165) is 35.5 Å². The molecule has 4 aliphatic rings. The predicted molar refractivity (Wildman–Crippen MR) is 132 cm³/mol. The van der Waals surface area contributed by atoms with E-state index in [0.29, 0.717) is 10.8 Å². The molecule has 0 aromatic rings. The molecule has 4 rings (SSSR count). The van der Waals surface area contributed by atoms with Crippen LogP contribution in [0.2, 0.25) is 0 Å². The standard InChI is InChI=1S/C27H46.C3H4/c1-19(2)8-6-7-9-21-11-13-24-23-12-10-22-18-20(3)14-16-27(22,5)25(23)15-17-26(21,24)4;1-3-2/h10,19-21,23-25H,6-9,11-18H2,1-5H3;1H,2H3. The molecule has 7 atom stereocenters. The first-order chi connectivity index (χ1) is 14.3. The van der Waals surface area contributed by atoms with Crippen LogP contribution in [0.15, 0.2) is 11.6 Å². The Hall–Kier alpha value is -0.700. The van der Waals surface area contributed by atoms with Crippen molar-refractivity contribution in [2.75, 3.05) is 0 Å². The first-order valence-electron chi connectivity index (χ1n) is 13.3. The summed E-state index contributed by atoms with van der Waals surface area (Å²) in [6.45, 7) is 14.3. The molecule has 0 nitrogen and oxygen atoms in total. The fraction of sp³-hybridized carbons (Fsp3) is 0.867. The third kappa shape index (κ3) is 4.57. The summed E-state index contributed by atoms with van der Waals surface area (Å²) in [7, 11) is 0. The topological polar surface area (TPSA) is 0 Å². The van der Waals surface area contributed by atoms with Gasteiger partial charge in [-0.3, -0.25) is 0 Å². The average Bonchev–Trinajstić information content (AvgIpc) is 3.03. The van der Waals surface area contributed by atoms with Gasteiger partial charge in [0.15, 0.2) is 0 Å². The number of allylic oxidation sites excluding steroid dienone is 2. The van der Waals surface area contributed by atoms with Gasteiger partial charge >= 0.3 is 0 Å². The molecule has 0 bridgehead atoms. The molecular weight excluding hydrogens is 360 g/mol. The lowest BCUT2D eigenvalue weighted by molar-refractivity contribution is -0.0450. The lowest BCUT2D eigenvalue weighted by Crippen LogP contribution is -2.49. The normalized spacial score (nSPS) is 42.2. The summed E-state index contributed by atoms with van der Waals surface area (Å²) in [6.07, 6.45) is 25.2. The van der Waals surface area contributed by atoms with Crippen molar-refractivity contribution >= 4 is 0 Å². The van der Waals surface area contributed by atoms with E-state index in [-0.39, 0.29) is 0 Å². The molecule has 0 aromatic heterocycles. The molecule has 0 heteroatoms. The van der Waals surface area contributed by atoms with Crippen molar-refractivity contribution in [3.05, 3.63) is 11.6 Å². The van der Waals surface area contributed by atoms with Crippen LogP contribution in [0.1, 0.15) is 119 Å². The lowest BCUT2D eigenvalue weighted by atomic mass is 9.47. The van der Waals surface area contributed by atoms with E-state index in [4.69, 9.17) is 0 Å². The van der Waals surface area contributed by atoms with Crippen LogP contribution in [-0.4, -0.2) is 0 Å². The molecule has 0 radical (unpaired) electrons. The maximum absolute atomic E-state index is 4.60. The Morgan fingerprint density at radius 2 is 1.80 bits per heavy atom. The summed E-state index contributed by atoms with van der Waals surface area (Å²) in [6, 6.07) is 0. The molecule has 0 amide bonds. The number of hydrogen-bond acceptors (Lipinski definition) is 0. The zero-order valence-electron chi connectivity index (χ0n) is 21.1. The number of rotatable bonds is 5. The second kappa shape index (κ2) is 9.84. The summed E-state index contributed by atoms with van der Waals surface area (Å²) >= 11 is 0. The minimum absolute atomic E-state index is 0.562. The third-order valence-corrected chi connectivity index (χ3v) is 10.1. The highest BCUT2D eigenvalue weighted by Crippen LogP contribution is 2.67. The molecule has 0 aliphatic heterocycles. The zero-order chi connectivity index (χ0) is 21.9. The molecule has 0 spiro atoms. The quantitative estimate of drug-likeness (QED) is 0.241. The molecule has 4 aliphatic carbocycles. The van der Waals surface area contributed by atoms with E-state index in [1.54, 1.807) is 13.3 Å². The second-order valence-electron chi connectivity index (χ2n) is 12.4. The lowest BCUT2D eigenvalue weighted by Gasteiger charge is -2.58. The molecule has 170 valence electrons. The monoisotopic (exact) mass is 410 g/mol. The van der Waals surface area contributed by atoms with E-state index in [1.807, 2.05) is 5.57 Å². The van der Waals surface area contributed by atoms with Crippen molar-refractivity contribution in [2.45, 2.75) is 119 Å². The van der Waals surface area contributed by atoms with E-state index >= 15 is 0 Å². The van der Waals surface area contributed by atoms with Gasteiger partial charge in [-0.15, -0.1) is 12.3 Å². The van der Waals surface area contributed by atoms with Crippen LogP contribution in [-0.2, 0) is 0 Å². The zero-order valence-corrected chi connectivity index (χ0v) is 21.1. The van der Waals surface area contributed by atoms with E-state index < -0.39 is 0 Å². The maximum Gasteiger partial charge on any atom is -0.00297 e. The average molecular weight is 411 g/mol. The van der Waals surface area contributed by atoms with E-state index in [2.05, 4.69) is 53.0 Å². The van der Waals surface area contributed by atoms with Crippen LogP contribution >= 0.6 is 0 Å². The predicted octanol–water partition coefficient (Wildman–Crippen LogP) is 9.06. The van der Waals surface area contributed by atoms with Crippen LogP contribution in [0, 0.1) is 58.7 Å². The Labute approximate surface area is 189 Å². The summed E-state index contributed by atoms with van der Waals surface area (Å²) in [5.74, 6) is 8.13. The van der Waals surface area contributed by atoms with Gasteiger partial charge in [0.1, 0.15) is 0 Å². The highest BCUT2D eigenvalue weighted by Gasteiger charge is 2.58. The molecule has 0 saturated heterocycles. The van der Waals surface area contributed by atoms with Gasteiger partial charge in [-0.1, -0.05) is 65.5 Å². The van der Waals surface area contributed by atoms with Gasteiger partial charge < -0.3 is 0 Å². The van der Waals surface area contributed by atoms with Gasteiger partial charge in [0.05, 0.1) is 0 Å². The van der Waals surface area contributed by atoms with E-state index in [9.17, 15) is 0 Å². The largest absolute Gasteiger partial charge is 0.120 e. The molecule has 0 aromatic carbocycles. The van der Waals surface area contributed by atoms with Crippen LogP contribution in [0.3, 0.4) is 0 Å². The van der Waals surface area contributed by atoms with Gasteiger partial charge in [-0.2, -0.15) is 0 Å². The fourth-order valence-electron chi connectivity index (χ4n) is 8.37. The van der Waals surface area contributed by atoms with Crippen molar-refractivity contribution in [1.29, 1.82) is 0 Å². The van der Waals surface area contributed by atoms with Crippen molar-refractivity contribution < 1.29 is 0 Å². The van der Waals surface area contributed by atoms with Gasteiger partial charge in [-0.05, 0) is 111 Å². The van der Waals surface area contributed by atoms with Crippen LogP contribution < -0.4 is 0 Å². The first kappa shape index (κ1) is 24.0. The molecular formula is C30H50. The second-order valence-corrected chi connectivity index (χ2v) is 12.4. The van der Waals surface area contributed by atoms with Crippen molar-refractivity contribution in [3.63, 3.8) is 0 Å². The Bertz CT molecular complexity index is 633. The Balaban J connectivity index is 0.000000806. The summed E-state index contributed by atoms with van der Waals surface area (Å²) in [5, 5.41) is 0. The molecule has 0 N–H and O–H groups in total. The van der Waals surface area contributed by atoms with Crippen molar-refractivity contribution in [1.82, 2.24) is 0 Å². The summed E-state index contributed by atoms with van der Waals surface area (Å²) in [4.78, 5) is 0. The van der Waals surface area contributed by atoms with Crippen LogP contribution in [0.5, 0.6) is 0 Å². The Morgan fingerprint density at radius 1 is 1.07 bits per heavy atom. The first-order valence-corrected chi connectivity index (χ1v) is 13.3. The van der Waals surface area contributed by atoms with Gasteiger partial charge in [0.25, 0.3) is 0 Å². The van der Waals surface area contributed by atoms with Crippen LogP contribution in [0.4, 0.5) is 0 Å². The van der Waals surface area contributed by atoms with Gasteiger partial charge in [-0.25, -0.2) is 0 Å². The van der Waals surface area contributed by atoms with E-state index in [1.165, 1.54) is 70.6 Å². The highest BCUT2D eigenvalue weighted by atomic mass is 14.6.